The summed E-state index contributed by atoms with van der Waals surface area (Å²) >= 11 is 6.07. The van der Waals surface area contributed by atoms with Gasteiger partial charge in [0.1, 0.15) is 11.5 Å². The summed E-state index contributed by atoms with van der Waals surface area (Å²) in [6, 6.07) is 11.3. The molecule has 5 nitrogen and oxygen atoms in total. The minimum atomic E-state index is -0.155. The molecular weight excluding hydrogens is 328 g/mol. The van der Waals surface area contributed by atoms with E-state index in [1.807, 2.05) is 41.8 Å². The van der Waals surface area contributed by atoms with E-state index in [1.54, 1.807) is 13.2 Å². The number of carbonyl (C=O) groups is 1. The summed E-state index contributed by atoms with van der Waals surface area (Å²) in [5.41, 5.74) is 3.17. The Labute approximate surface area is 145 Å². The Morgan fingerprint density at radius 3 is 2.92 bits per heavy atom. The van der Waals surface area contributed by atoms with Crippen molar-refractivity contribution in [2.24, 2.45) is 0 Å². The lowest BCUT2D eigenvalue weighted by atomic mass is 10.2. The molecule has 3 aromatic rings. The zero-order chi connectivity index (χ0) is 17.1. The fourth-order valence-corrected chi connectivity index (χ4v) is 2.91. The maximum absolute atomic E-state index is 12.5. The molecule has 2 heterocycles. The summed E-state index contributed by atoms with van der Waals surface area (Å²) < 4.78 is 12.6. The highest BCUT2D eigenvalue weighted by atomic mass is 35.5. The van der Waals surface area contributed by atoms with Crippen molar-refractivity contribution in [1.82, 2.24) is 9.88 Å². The lowest BCUT2D eigenvalue weighted by Gasteiger charge is -2.11. The molecule has 0 fully saturated rings. The number of halogens is 1. The first-order chi connectivity index (χ1) is 11.6. The van der Waals surface area contributed by atoms with Crippen LogP contribution in [0.25, 0.3) is 11.1 Å². The minimum Gasteiger partial charge on any atom is -0.460 e. The number of amides is 1. The molecule has 0 aliphatic heterocycles. The Bertz CT molecular complexity index is 866. The summed E-state index contributed by atoms with van der Waals surface area (Å²) in [6.07, 6.45) is 0. The van der Waals surface area contributed by atoms with Crippen LogP contribution in [-0.4, -0.2) is 30.7 Å². The second-order valence-corrected chi connectivity index (χ2v) is 6.04. The van der Waals surface area contributed by atoms with Gasteiger partial charge in [-0.3, -0.25) is 4.79 Å². The molecule has 126 valence electrons. The molecule has 0 radical (unpaired) electrons. The Kier molecular flexibility index (Phi) is 4.92. The fourth-order valence-electron chi connectivity index (χ4n) is 2.70. The van der Waals surface area contributed by atoms with Gasteiger partial charge in [-0.05, 0) is 24.6 Å². The number of rotatable bonds is 6. The Morgan fingerprint density at radius 1 is 1.33 bits per heavy atom. The van der Waals surface area contributed by atoms with Crippen LogP contribution in [0.15, 0.2) is 40.8 Å². The summed E-state index contributed by atoms with van der Waals surface area (Å²) in [5.74, 6) is 0.657. The van der Waals surface area contributed by atoms with E-state index in [-0.39, 0.29) is 5.91 Å². The van der Waals surface area contributed by atoms with Gasteiger partial charge in [-0.25, -0.2) is 0 Å². The highest BCUT2D eigenvalue weighted by molar-refractivity contribution is 6.30. The average molecular weight is 347 g/mol. The van der Waals surface area contributed by atoms with Gasteiger partial charge in [0.2, 0.25) is 0 Å². The van der Waals surface area contributed by atoms with Crippen LogP contribution in [0.1, 0.15) is 21.8 Å². The number of hydrogen-bond donors (Lipinski definition) is 1. The average Bonchev–Trinajstić information content (AvgIpc) is 3.05. The molecule has 0 unspecified atom stereocenters. The SMILES string of the molecule is COCCNC(=O)c1cc2oc(C)cc2n1Cc1cccc(Cl)c1. The molecule has 0 aliphatic rings. The van der Waals surface area contributed by atoms with Gasteiger partial charge < -0.3 is 19.0 Å². The van der Waals surface area contributed by atoms with E-state index in [0.29, 0.717) is 36.0 Å². The molecule has 0 saturated heterocycles. The zero-order valence-corrected chi connectivity index (χ0v) is 14.4. The van der Waals surface area contributed by atoms with Crippen molar-refractivity contribution >= 4 is 28.6 Å². The Hall–Kier alpha value is -2.24. The van der Waals surface area contributed by atoms with Gasteiger partial charge in [-0.15, -0.1) is 0 Å². The molecule has 0 atom stereocenters. The van der Waals surface area contributed by atoms with E-state index in [1.165, 1.54) is 0 Å². The van der Waals surface area contributed by atoms with Crippen LogP contribution in [0.5, 0.6) is 0 Å². The van der Waals surface area contributed by atoms with E-state index < -0.39 is 0 Å². The highest BCUT2D eigenvalue weighted by Crippen LogP contribution is 2.25. The maximum atomic E-state index is 12.5. The predicted molar refractivity (Wildman–Crippen MR) is 93.7 cm³/mol. The van der Waals surface area contributed by atoms with Crippen molar-refractivity contribution in [2.75, 3.05) is 20.3 Å². The minimum absolute atomic E-state index is 0.155. The smallest absolute Gasteiger partial charge is 0.268 e. The summed E-state index contributed by atoms with van der Waals surface area (Å²) in [7, 11) is 1.60. The second-order valence-electron chi connectivity index (χ2n) is 5.60. The van der Waals surface area contributed by atoms with Crippen LogP contribution >= 0.6 is 11.6 Å². The quantitative estimate of drug-likeness (QED) is 0.693. The monoisotopic (exact) mass is 346 g/mol. The number of carbonyl (C=O) groups excluding carboxylic acids is 1. The van der Waals surface area contributed by atoms with E-state index in [9.17, 15) is 4.79 Å². The lowest BCUT2D eigenvalue weighted by molar-refractivity contribution is 0.0928. The van der Waals surface area contributed by atoms with Crippen LogP contribution in [0.4, 0.5) is 0 Å². The molecule has 3 rings (SSSR count). The van der Waals surface area contributed by atoms with Gasteiger partial charge >= 0.3 is 0 Å². The van der Waals surface area contributed by atoms with Crippen LogP contribution < -0.4 is 5.32 Å². The number of ether oxygens (including phenoxy) is 1. The van der Waals surface area contributed by atoms with Crippen molar-refractivity contribution in [2.45, 2.75) is 13.5 Å². The summed E-state index contributed by atoms with van der Waals surface area (Å²) in [6.45, 7) is 3.35. The Balaban J connectivity index is 1.96. The van der Waals surface area contributed by atoms with E-state index in [0.717, 1.165) is 16.8 Å². The van der Waals surface area contributed by atoms with Crippen LogP contribution in [0.2, 0.25) is 5.02 Å². The zero-order valence-electron chi connectivity index (χ0n) is 13.6. The topological polar surface area (TPSA) is 56.4 Å². The summed E-state index contributed by atoms with van der Waals surface area (Å²) in [5, 5.41) is 3.52. The number of nitrogens with zero attached hydrogens (tertiary/aromatic N) is 1. The fraction of sp³-hybridized carbons (Fsp3) is 0.278. The molecule has 0 bridgehead atoms. The molecule has 24 heavy (non-hydrogen) atoms. The van der Waals surface area contributed by atoms with Gasteiger partial charge in [-0.1, -0.05) is 23.7 Å². The van der Waals surface area contributed by atoms with E-state index in [4.69, 9.17) is 20.8 Å². The van der Waals surface area contributed by atoms with Crippen molar-refractivity contribution in [1.29, 1.82) is 0 Å². The number of aryl methyl sites for hydroxylation is 1. The largest absolute Gasteiger partial charge is 0.460 e. The van der Waals surface area contributed by atoms with Crippen molar-refractivity contribution in [3.05, 3.63) is 58.4 Å². The third kappa shape index (κ3) is 3.47. The standard InChI is InChI=1S/C18H19ClN2O3/c1-12-8-15-17(24-12)10-16(18(22)20-6-7-23-2)21(15)11-13-4-3-5-14(19)9-13/h3-5,8-10H,6-7,11H2,1-2H3,(H,20,22). The molecule has 0 aliphatic carbocycles. The predicted octanol–water partition coefficient (Wildman–Crippen LogP) is 3.62. The molecule has 0 saturated carbocycles. The maximum Gasteiger partial charge on any atom is 0.268 e. The van der Waals surface area contributed by atoms with Crippen molar-refractivity contribution in [3.8, 4) is 0 Å². The number of nitrogens with one attached hydrogen (secondary N) is 1. The van der Waals surface area contributed by atoms with Gasteiger partial charge in [-0.2, -0.15) is 0 Å². The van der Waals surface area contributed by atoms with Crippen LogP contribution in [-0.2, 0) is 11.3 Å². The number of benzene rings is 1. The van der Waals surface area contributed by atoms with Gasteiger partial charge in [0.25, 0.3) is 5.91 Å². The lowest BCUT2D eigenvalue weighted by Crippen LogP contribution is -2.29. The first-order valence-electron chi connectivity index (χ1n) is 7.69. The molecule has 6 heteroatoms. The summed E-state index contributed by atoms with van der Waals surface area (Å²) in [4.78, 5) is 12.5. The van der Waals surface area contributed by atoms with Crippen molar-refractivity contribution < 1.29 is 13.9 Å². The van der Waals surface area contributed by atoms with Crippen molar-refractivity contribution in [3.63, 3.8) is 0 Å². The molecular formula is C18H19ClN2O3. The number of hydrogen-bond acceptors (Lipinski definition) is 3. The first kappa shape index (κ1) is 16.6. The van der Waals surface area contributed by atoms with Crippen LogP contribution in [0, 0.1) is 6.92 Å². The highest BCUT2D eigenvalue weighted by Gasteiger charge is 2.18. The second kappa shape index (κ2) is 7.11. The van der Waals surface area contributed by atoms with Gasteiger partial charge in [0.05, 0.1) is 12.1 Å². The molecule has 1 amide bonds. The molecule has 0 spiro atoms. The Morgan fingerprint density at radius 2 is 2.17 bits per heavy atom. The first-order valence-corrected chi connectivity index (χ1v) is 8.07. The molecule has 1 aromatic carbocycles. The normalized spacial score (nSPS) is 11.1. The molecule has 1 N–H and O–H groups in total. The van der Waals surface area contributed by atoms with Gasteiger partial charge in [0.15, 0.2) is 5.58 Å². The third-order valence-corrected chi connectivity index (χ3v) is 4.00. The number of fused-ring (bicyclic) bond motifs is 1. The number of aromatic nitrogens is 1. The molecule has 2 aromatic heterocycles. The number of methoxy groups -OCH3 is 1. The van der Waals surface area contributed by atoms with E-state index in [2.05, 4.69) is 5.32 Å². The number of furan rings is 1. The van der Waals surface area contributed by atoms with Crippen LogP contribution in [0.3, 0.4) is 0 Å². The third-order valence-electron chi connectivity index (χ3n) is 3.77. The van der Waals surface area contributed by atoms with E-state index >= 15 is 0 Å². The van der Waals surface area contributed by atoms with Gasteiger partial charge in [0, 0.05) is 37.4 Å².